The monoisotopic (exact) mass is 287 g/mol. The first-order valence-electron chi connectivity index (χ1n) is 4.23. The van der Waals surface area contributed by atoms with Crippen LogP contribution in [0.25, 0.3) is 0 Å². The maximum Gasteiger partial charge on any atom is 0.165 e. The fourth-order valence-electron chi connectivity index (χ4n) is 1.06. The second-order valence-corrected chi connectivity index (χ2v) is 5.27. The molecule has 1 heterocycles. The zero-order valence-electron chi connectivity index (χ0n) is 7.61. The van der Waals surface area contributed by atoms with Crippen LogP contribution in [0.4, 0.5) is 4.39 Å². The lowest BCUT2D eigenvalue weighted by atomic mass is 10.3. The molecule has 0 aliphatic rings. The molecule has 2 aromatic rings. The van der Waals surface area contributed by atoms with Gasteiger partial charge in [0.05, 0.1) is 9.98 Å². The van der Waals surface area contributed by atoms with E-state index in [4.69, 9.17) is 4.74 Å². The average molecular weight is 288 g/mol. The maximum absolute atomic E-state index is 13.1. The second-order valence-electron chi connectivity index (χ2n) is 2.78. The third-order valence-electron chi connectivity index (χ3n) is 1.71. The molecule has 0 radical (unpaired) electrons. The van der Waals surface area contributed by atoms with Gasteiger partial charge in [-0.05, 0) is 28.1 Å². The van der Waals surface area contributed by atoms with Crippen molar-refractivity contribution in [2.24, 2.45) is 0 Å². The molecular formula is C10H7BrFNOS. The summed E-state index contributed by atoms with van der Waals surface area (Å²) in [7, 11) is 0. The number of thiazole rings is 1. The minimum atomic E-state index is -0.354. The van der Waals surface area contributed by atoms with E-state index in [2.05, 4.69) is 20.9 Å². The van der Waals surface area contributed by atoms with Gasteiger partial charge in [0.15, 0.2) is 11.6 Å². The molecule has 0 atom stereocenters. The summed E-state index contributed by atoms with van der Waals surface area (Å²) in [5.74, 6) is -0.100. The number of ether oxygens (including phenoxy) is 1. The minimum Gasteiger partial charge on any atom is -0.483 e. The Morgan fingerprint density at radius 2 is 2.20 bits per heavy atom. The number of nitrogens with zero attached hydrogens (tertiary/aromatic N) is 1. The second kappa shape index (κ2) is 4.72. The van der Waals surface area contributed by atoms with E-state index in [0.29, 0.717) is 0 Å². The van der Waals surface area contributed by atoms with Crippen LogP contribution in [0.3, 0.4) is 0 Å². The number of para-hydroxylation sites is 1. The van der Waals surface area contributed by atoms with Gasteiger partial charge in [0.1, 0.15) is 11.6 Å². The molecule has 1 aromatic heterocycles. The van der Waals surface area contributed by atoms with Gasteiger partial charge in [-0.3, -0.25) is 0 Å². The summed E-state index contributed by atoms with van der Waals surface area (Å²) in [6.07, 6.45) is 1.70. The smallest absolute Gasteiger partial charge is 0.165 e. The summed E-state index contributed by atoms with van der Waals surface area (Å²) in [5, 5.41) is 0.810. The van der Waals surface area contributed by atoms with Crippen LogP contribution in [-0.4, -0.2) is 4.98 Å². The zero-order chi connectivity index (χ0) is 10.7. The van der Waals surface area contributed by atoms with Crippen molar-refractivity contribution in [1.29, 1.82) is 0 Å². The highest BCUT2D eigenvalue weighted by Crippen LogP contribution is 2.22. The van der Waals surface area contributed by atoms with Crippen LogP contribution in [0.5, 0.6) is 5.75 Å². The van der Waals surface area contributed by atoms with E-state index in [0.717, 1.165) is 8.79 Å². The Hall–Kier alpha value is -0.940. The van der Waals surface area contributed by atoms with E-state index in [1.807, 2.05) is 0 Å². The molecule has 0 amide bonds. The van der Waals surface area contributed by atoms with Crippen LogP contribution in [0, 0.1) is 5.82 Å². The molecule has 1 aromatic carbocycles. The van der Waals surface area contributed by atoms with Crippen molar-refractivity contribution in [2.75, 3.05) is 0 Å². The van der Waals surface area contributed by atoms with E-state index in [1.54, 1.807) is 24.4 Å². The summed E-state index contributed by atoms with van der Waals surface area (Å²) >= 11 is 4.77. The highest BCUT2D eigenvalue weighted by atomic mass is 79.9. The first-order valence-corrected chi connectivity index (χ1v) is 5.84. The lowest BCUT2D eigenvalue weighted by molar-refractivity contribution is 0.290. The summed E-state index contributed by atoms with van der Waals surface area (Å²) < 4.78 is 19.4. The standard InChI is InChI=1S/C10H7BrFNOS/c11-9-5-13-10(15-9)6-14-8-4-2-1-3-7(8)12/h1-5H,6H2. The molecule has 0 aliphatic heterocycles. The van der Waals surface area contributed by atoms with E-state index in [9.17, 15) is 4.39 Å². The zero-order valence-corrected chi connectivity index (χ0v) is 10.0. The Morgan fingerprint density at radius 1 is 1.40 bits per heavy atom. The Morgan fingerprint density at radius 3 is 2.87 bits per heavy atom. The molecule has 0 N–H and O–H groups in total. The molecule has 0 unspecified atom stereocenters. The van der Waals surface area contributed by atoms with Gasteiger partial charge in [0, 0.05) is 0 Å². The molecule has 0 saturated heterocycles. The fourth-order valence-corrected chi connectivity index (χ4v) is 2.27. The molecule has 0 spiro atoms. The lowest BCUT2D eigenvalue weighted by Gasteiger charge is -2.03. The van der Waals surface area contributed by atoms with E-state index >= 15 is 0 Å². The molecule has 0 fully saturated rings. The summed E-state index contributed by atoms with van der Waals surface area (Å²) in [4.78, 5) is 4.08. The van der Waals surface area contributed by atoms with Gasteiger partial charge in [0.2, 0.25) is 0 Å². The molecule has 0 aliphatic carbocycles. The Balaban J connectivity index is 2.02. The van der Waals surface area contributed by atoms with Gasteiger partial charge in [0.25, 0.3) is 0 Å². The number of hydrogen-bond donors (Lipinski definition) is 0. The van der Waals surface area contributed by atoms with Gasteiger partial charge in [-0.1, -0.05) is 12.1 Å². The van der Waals surface area contributed by atoms with Crippen LogP contribution in [0.15, 0.2) is 34.2 Å². The SMILES string of the molecule is Fc1ccccc1OCc1ncc(Br)s1. The summed E-state index contributed by atoms with van der Waals surface area (Å²) in [6, 6.07) is 6.32. The first kappa shape index (κ1) is 10.6. The van der Waals surface area contributed by atoms with E-state index in [1.165, 1.54) is 17.4 Å². The normalized spacial score (nSPS) is 10.3. The van der Waals surface area contributed by atoms with Gasteiger partial charge in [-0.2, -0.15) is 0 Å². The Labute approximate surface area is 98.9 Å². The van der Waals surface area contributed by atoms with Crippen molar-refractivity contribution in [3.8, 4) is 5.75 Å². The summed E-state index contributed by atoms with van der Waals surface area (Å²) in [6.45, 7) is 0.289. The topological polar surface area (TPSA) is 22.1 Å². The molecule has 2 nitrogen and oxygen atoms in total. The highest BCUT2D eigenvalue weighted by Gasteiger charge is 2.04. The minimum absolute atomic E-state index is 0.254. The predicted molar refractivity (Wildman–Crippen MR) is 60.5 cm³/mol. The molecule has 78 valence electrons. The van der Waals surface area contributed by atoms with Crippen LogP contribution < -0.4 is 4.74 Å². The Kier molecular flexibility index (Phi) is 3.33. The molecule has 2 rings (SSSR count). The molecule has 5 heteroatoms. The van der Waals surface area contributed by atoms with Crippen LogP contribution >= 0.6 is 27.3 Å². The van der Waals surface area contributed by atoms with Crippen LogP contribution in [0.2, 0.25) is 0 Å². The van der Waals surface area contributed by atoms with Crippen molar-refractivity contribution in [3.63, 3.8) is 0 Å². The third kappa shape index (κ3) is 2.76. The lowest BCUT2D eigenvalue weighted by Crippen LogP contribution is -1.96. The predicted octanol–water partition coefficient (Wildman–Crippen LogP) is 3.62. The van der Waals surface area contributed by atoms with Crippen molar-refractivity contribution in [1.82, 2.24) is 4.98 Å². The average Bonchev–Trinajstić information content (AvgIpc) is 2.63. The van der Waals surface area contributed by atoms with Crippen molar-refractivity contribution < 1.29 is 9.13 Å². The Bertz CT molecular complexity index is 460. The van der Waals surface area contributed by atoms with Crippen molar-refractivity contribution >= 4 is 27.3 Å². The van der Waals surface area contributed by atoms with E-state index < -0.39 is 0 Å². The third-order valence-corrected chi connectivity index (χ3v) is 3.16. The van der Waals surface area contributed by atoms with Gasteiger partial charge in [-0.15, -0.1) is 11.3 Å². The maximum atomic E-state index is 13.1. The molecule has 0 saturated carbocycles. The van der Waals surface area contributed by atoms with Crippen molar-refractivity contribution in [3.05, 3.63) is 45.1 Å². The number of halogens is 2. The fraction of sp³-hybridized carbons (Fsp3) is 0.100. The van der Waals surface area contributed by atoms with Gasteiger partial charge >= 0.3 is 0 Å². The first-order chi connectivity index (χ1) is 7.25. The number of benzene rings is 1. The van der Waals surface area contributed by atoms with Crippen LogP contribution in [0.1, 0.15) is 5.01 Å². The van der Waals surface area contributed by atoms with Crippen molar-refractivity contribution in [2.45, 2.75) is 6.61 Å². The number of aromatic nitrogens is 1. The molecular weight excluding hydrogens is 281 g/mol. The molecule has 15 heavy (non-hydrogen) atoms. The number of rotatable bonds is 3. The molecule has 0 bridgehead atoms. The summed E-state index contributed by atoms with van der Waals surface area (Å²) in [5.41, 5.74) is 0. The van der Waals surface area contributed by atoms with Crippen LogP contribution in [-0.2, 0) is 6.61 Å². The van der Waals surface area contributed by atoms with E-state index in [-0.39, 0.29) is 18.2 Å². The largest absolute Gasteiger partial charge is 0.483 e. The number of hydrogen-bond acceptors (Lipinski definition) is 3. The highest BCUT2D eigenvalue weighted by molar-refractivity contribution is 9.11. The quantitative estimate of drug-likeness (QED) is 0.860. The van der Waals surface area contributed by atoms with Gasteiger partial charge < -0.3 is 4.74 Å². The van der Waals surface area contributed by atoms with Gasteiger partial charge in [-0.25, -0.2) is 9.37 Å².